The first-order chi connectivity index (χ1) is 15.0. The summed E-state index contributed by atoms with van der Waals surface area (Å²) >= 11 is 0. The smallest absolute Gasteiger partial charge is 0.227 e. The van der Waals surface area contributed by atoms with Crippen molar-refractivity contribution in [1.29, 1.82) is 0 Å². The first-order valence-corrected chi connectivity index (χ1v) is 10.6. The van der Waals surface area contributed by atoms with E-state index < -0.39 is 0 Å². The number of fused-ring (bicyclic) bond motifs is 2. The third-order valence-electron chi connectivity index (χ3n) is 5.77. The Morgan fingerprint density at radius 2 is 1.94 bits per heavy atom. The van der Waals surface area contributed by atoms with E-state index in [0.29, 0.717) is 38.5 Å². The number of amides is 1. The summed E-state index contributed by atoms with van der Waals surface area (Å²) in [6.07, 6.45) is 1.60. The van der Waals surface area contributed by atoms with Crippen LogP contribution in [0.1, 0.15) is 17.1 Å². The number of carbonyl (C=O) groups is 1. The van der Waals surface area contributed by atoms with E-state index in [9.17, 15) is 4.79 Å². The number of H-pyrrole nitrogens is 1. The van der Waals surface area contributed by atoms with Gasteiger partial charge in [-0.1, -0.05) is 6.07 Å². The highest BCUT2D eigenvalue weighted by molar-refractivity contribution is 5.82. The SMILES string of the molecule is Cc1ccc(OC2CO[C@H]3CN(C(=O)Cc4ccc5nc(C)[nH]c5c4)C[C@@H]3OC2)cn1. The number of aromatic nitrogens is 3. The second-order valence-electron chi connectivity index (χ2n) is 8.27. The van der Waals surface area contributed by atoms with Crippen molar-refractivity contribution in [1.82, 2.24) is 19.9 Å². The minimum Gasteiger partial charge on any atom is -0.484 e. The molecule has 162 valence electrons. The van der Waals surface area contributed by atoms with Gasteiger partial charge in [0.2, 0.25) is 5.91 Å². The molecule has 0 unspecified atom stereocenters. The Hall–Kier alpha value is -2.97. The fourth-order valence-electron chi connectivity index (χ4n) is 4.14. The largest absolute Gasteiger partial charge is 0.484 e. The summed E-state index contributed by atoms with van der Waals surface area (Å²) in [5.41, 5.74) is 3.78. The average molecular weight is 422 g/mol. The monoisotopic (exact) mass is 422 g/mol. The Balaban J connectivity index is 1.16. The van der Waals surface area contributed by atoms with Gasteiger partial charge < -0.3 is 24.1 Å². The molecule has 5 rings (SSSR count). The number of aromatic amines is 1. The number of ether oxygens (including phenoxy) is 3. The third kappa shape index (κ3) is 4.40. The molecular weight excluding hydrogens is 396 g/mol. The maximum absolute atomic E-state index is 12.9. The van der Waals surface area contributed by atoms with Gasteiger partial charge in [0, 0.05) is 18.8 Å². The molecule has 2 aliphatic rings. The van der Waals surface area contributed by atoms with Gasteiger partial charge in [-0.3, -0.25) is 9.78 Å². The molecule has 2 aromatic heterocycles. The van der Waals surface area contributed by atoms with E-state index in [1.807, 2.05) is 49.1 Å². The fourth-order valence-corrected chi connectivity index (χ4v) is 4.14. The van der Waals surface area contributed by atoms with Crippen molar-refractivity contribution in [2.24, 2.45) is 0 Å². The van der Waals surface area contributed by atoms with Crippen LogP contribution in [0.3, 0.4) is 0 Å². The number of imidazole rings is 1. The zero-order chi connectivity index (χ0) is 21.4. The third-order valence-corrected chi connectivity index (χ3v) is 5.77. The number of hydrogen-bond donors (Lipinski definition) is 1. The summed E-state index contributed by atoms with van der Waals surface area (Å²) in [6.45, 7) is 5.78. The molecule has 8 nitrogen and oxygen atoms in total. The lowest BCUT2D eigenvalue weighted by Crippen LogP contribution is -2.33. The standard InChI is InChI=1S/C23H26N4O4/c1-14-3-5-17(9-24-14)31-18-12-29-21-10-27(11-22(21)30-13-18)23(28)8-16-4-6-19-20(7-16)26-15(2)25-19/h3-7,9,18,21-22H,8,10-13H2,1-2H3,(H,25,26)/t21-,22-/m0/s1. The number of nitrogens with one attached hydrogen (secondary N) is 1. The van der Waals surface area contributed by atoms with Crippen molar-refractivity contribution in [3.05, 3.63) is 53.6 Å². The summed E-state index contributed by atoms with van der Waals surface area (Å²) in [7, 11) is 0. The predicted molar refractivity (Wildman–Crippen MR) is 114 cm³/mol. The maximum atomic E-state index is 12.9. The normalized spacial score (nSPS) is 21.8. The lowest BCUT2D eigenvalue weighted by Gasteiger charge is -2.19. The van der Waals surface area contributed by atoms with Crippen molar-refractivity contribution in [3.8, 4) is 5.75 Å². The predicted octanol–water partition coefficient (Wildman–Crippen LogP) is 2.19. The van der Waals surface area contributed by atoms with Crippen LogP contribution in [0.5, 0.6) is 5.75 Å². The van der Waals surface area contributed by atoms with Crippen LogP contribution in [0.2, 0.25) is 0 Å². The van der Waals surface area contributed by atoms with Crippen LogP contribution in [0.25, 0.3) is 11.0 Å². The van der Waals surface area contributed by atoms with Crippen LogP contribution in [0.4, 0.5) is 0 Å². The molecule has 0 spiro atoms. The molecule has 8 heteroatoms. The lowest BCUT2D eigenvalue weighted by atomic mass is 10.1. The maximum Gasteiger partial charge on any atom is 0.227 e. The van der Waals surface area contributed by atoms with E-state index in [1.165, 1.54) is 0 Å². The van der Waals surface area contributed by atoms with Crippen molar-refractivity contribution < 1.29 is 19.0 Å². The molecule has 3 aromatic rings. The van der Waals surface area contributed by atoms with Crippen molar-refractivity contribution in [2.75, 3.05) is 26.3 Å². The summed E-state index contributed by atoms with van der Waals surface area (Å²) < 4.78 is 18.0. The Morgan fingerprint density at radius 3 is 2.65 bits per heavy atom. The number of carbonyl (C=O) groups excluding carboxylic acids is 1. The Kier molecular flexibility index (Phi) is 5.33. The number of rotatable bonds is 4. The Bertz CT molecular complexity index is 1060. The average Bonchev–Trinajstić information content (AvgIpc) is 3.28. The first kappa shape index (κ1) is 20.0. The molecule has 2 aliphatic heterocycles. The quantitative estimate of drug-likeness (QED) is 0.693. The van der Waals surface area contributed by atoms with E-state index >= 15 is 0 Å². The minimum atomic E-state index is -0.191. The highest BCUT2D eigenvalue weighted by Gasteiger charge is 2.39. The highest BCUT2D eigenvalue weighted by atomic mass is 16.6. The van der Waals surface area contributed by atoms with Crippen molar-refractivity contribution >= 4 is 16.9 Å². The molecule has 1 N–H and O–H groups in total. The zero-order valence-electron chi connectivity index (χ0n) is 17.7. The fraction of sp³-hybridized carbons (Fsp3) is 0.435. The van der Waals surface area contributed by atoms with Gasteiger partial charge in [-0.25, -0.2) is 4.98 Å². The van der Waals surface area contributed by atoms with E-state index in [0.717, 1.165) is 28.1 Å². The molecule has 0 radical (unpaired) electrons. The molecule has 4 heterocycles. The number of hydrogen-bond acceptors (Lipinski definition) is 6. The number of likely N-dealkylation sites (tertiary alicyclic amines) is 1. The summed E-state index contributed by atoms with van der Waals surface area (Å²) in [5.74, 6) is 1.65. The van der Waals surface area contributed by atoms with Gasteiger partial charge >= 0.3 is 0 Å². The van der Waals surface area contributed by atoms with Crippen molar-refractivity contribution in [3.63, 3.8) is 0 Å². The molecule has 1 aromatic carbocycles. The van der Waals surface area contributed by atoms with Crippen molar-refractivity contribution in [2.45, 2.75) is 38.6 Å². The topological polar surface area (TPSA) is 89.6 Å². The van der Waals surface area contributed by atoms with E-state index in [-0.39, 0.29) is 24.2 Å². The number of aryl methyl sites for hydroxylation is 2. The van der Waals surface area contributed by atoms with Gasteiger partial charge in [0.25, 0.3) is 0 Å². The van der Waals surface area contributed by atoms with Gasteiger partial charge in [0.15, 0.2) is 0 Å². The van der Waals surface area contributed by atoms with Crippen LogP contribution < -0.4 is 4.74 Å². The van der Waals surface area contributed by atoms with Crippen LogP contribution in [0.15, 0.2) is 36.5 Å². The Labute approximate surface area is 180 Å². The van der Waals surface area contributed by atoms with Gasteiger partial charge in [-0.05, 0) is 43.7 Å². The molecule has 0 saturated carbocycles. The molecule has 1 amide bonds. The van der Waals surface area contributed by atoms with Gasteiger partial charge in [0.05, 0.1) is 36.9 Å². The Morgan fingerprint density at radius 1 is 1.16 bits per heavy atom. The van der Waals surface area contributed by atoms with Gasteiger partial charge in [-0.15, -0.1) is 0 Å². The zero-order valence-corrected chi connectivity index (χ0v) is 17.7. The molecule has 0 aliphatic carbocycles. The van der Waals surface area contributed by atoms with E-state index in [2.05, 4.69) is 15.0 Å². The lowest BCUT2D eigenvalue weighted by molar-refractivity contribution is -0.130. The summed E-state index contributed by atoms with van der Waals surface area (Å²) in [6, 6.07) is 9.72. The second kappa shape index (κ2) is 8.28. The molecule has 2 atom stereocenters. The highest BCUT2D eigenvalue weighted by Crippen LogP contribution is 2.23. The van der Waals surface area contributed by atoms with Crippen LogP contribution in [0, 0.1) is 13.8 Å². The summed E-state index contributed by atoms with van der Waals surface area (Å²) in [5, 5.41) is 0. The number of benzene rings is 1. The number of nitrogens with zero attached hydrogens (tertiary/aromatic N) is 3. The van der Waals surface area contributed by atoms with Gasteiger partial charge in [-0.2, -0.15) is 0 Å². The van der Waals surface area contributed by atoms with Crippen LogP contribution in [-0.4, -0.2) is 70.4 Å². The second-order valence-corrected chi connectivity index (χ2v) is 8.27. The number of pyridine rings is 1. The molecule has 2 fully saturated rings. The molecule has 0 bridgehead atoms. The minimum absolute atomic E-state index is 0.0781. The van der Waals surface area contributed by atoms with Crippen LogP contribution >= 0.6 is 0 Å². The molecule has 31 heavy (non-hydrogen) atoms. The summed E-state index contributed by atoms with van der Waals surface area (Å²) in [4.78, 5) is 26.6. The molecule has 2 saturated heterocycles. The van der Waals surface area contributed by atoms with Gasteiger partial charge in [0.1, 0.15) is 29.9 Å². The first-order valence-electron chi connectivity index (χ1n) is 10.6. The van der Waals surface area contributed by atoms with E-state index in [4.69, 9.17) is 14.2 Å². The molecular formula is C23H26N4O4. The van der Waals surface area contributed by atoms with Crippen LogP contribution in [-0.2, 0) is 20.7 Å². The van der Waals surface area contributed by atoms with E-state index in [1.54, 1.807) is 6.20 Å².